The van der Waals surface area contributed by atoms with E-state index in [2.05, 4.69) is 0 Å². The van der Waals surface area contributed by atoms with Gasteiger partial charge in [0.2, 0.25) is 5.91 Å². The number of nitrogens with zero attached hydrogens (tertiary/aromatic N) is 1. The molecule has 1 amide bonds. The van der Waals surface area contributed by atoms with Crippen LogP contribution in [0.5, 0.6) is 0 Å². The Labute approximate surface area is 136 Å². The Balaban J connectivity index is 2.00. The SMILES string of the molecule is CC(C)CS(=O)(=O)CC(=O)N1CCO[C@@H](c2ccc(F)cc2)C1. The maximum Gasteiger partial charge on any atom is 0.237 e. The predicted octanol–water partition coefficient (Wildman–Crippen LogP) is 1.80. The topological polar surface area (TPSA) is 63.7 Å². The summed E-state index contributed by atoms with van der Waals surface area (Å²) < 4.78 is 42.5. The number of carbonyl (C=O) groups is 1. The first-order valence-electron chi connectivity index (χ1n) is 7.62. The molecule has 1 fully saturated rings. The van der Waals surface area contributed by atoms with Crippen LogP contribution in [0.2, 0.25) is 0 Å². The minimum absolute atomic E-state index is 0.00444. The zero-order chi connectivity index (χ0) is 17.0. The molecule has 2 rings (SSSR count). The van der Waals surface area contributed by atoms with Crippen LogP contribution in [0.15, 0.2) is 24.3 Å². The van der Waals surface area contributed by atoms with E-state index in [-0.39, 0.29) is 30.1 Å². The van der Waals surface area contributed by atoms with Crippen molar-refractivity contribution in [3.05, 3.63) is 35.6 Å². The summed E-state index contributed by atoms with van der Waals surface area (Å²) >= 11 is 0. The molecule has 23 heavy (non-hydrogen) atoms. The summed E-state index contributed by atoms with van der Waals surface area (Å²) in [6.07, 6.45) is -0.360. The Morgan fingerprint density at radius 2 is 2.00 bits per heavy atom. The van der Waals surface area contributed by atoms with E-state index in [4.69, 9.17) is 4.74 Å². The molecule has 1 heterocycles. The van der Waals surface area contributed by atoms with Crippen LogP contribution < -0.4 is 0 Å². The van der Waals surface area contributed by atoms with Gasteiger partial charge >= 0.3 is 0 Å². The first kappa shape index (κ1) is 17.9. The van der Waals surface area contributed by atoms with Gasteiger partial charge in [-0.25, -0.2) is 12.8 Å². The van der Waals surface area contributed by atoms with Gasteiger partial charge in [-0.2, -0.15) is 0 Å². The molecule has 0 unspecified atom stereocenters. The lowest BCUT2D eigenvalue weighted by atomic mass is 10.1. The zero-order valence-corrected chi connectivity index (χ0v) is 14.2. The smallest absolute Gasteiger partial charge is 0.237 e. The van der Waals surface area contributed by atoms with Gasteiger partial charge in [0.25, 0.3) is 0 Å². The van der Waals surface area contributed by atoms with Gasteiger partial charge in [-0.3, -0.25) is 4.79 Å². The molecule has 128 valence electrons. The molecule has 0 aromatic heterocycles. The van der Waals surface area contributed by atoms with Gasteiger partial charge in [0.1, 0.15) is 17.7 Å². The number of morpholine rings is 1. The molecule has 1 aromatic rings. The first-order valence-corrected chi connectivity index (χ1v) is 9.44. The molecule has 1 atom stereocenters. The molecule has 7 heteroatoms. The second kappa shape index (κ2) is 7.40. The highest BCUT2D eigenvalue weighted by atomic mass is 32.2. The largest absolute Gasteiger partial charge is 0.370 e. The van der Waals surface area contributed by atoms with Gasteiger partial charge in [0.05, 0.1) is 18.9 Å². The number of ether oxygens (including phenoxy) is 1. The maximum absolute atomic E-state index is 13.0. The van der Waals surface area contributed by atoms with E-state index in [0.717, 1.165) is 5.56 Å². The Bertz CT molecular complexity index is 643. The van der Waals surface area contributed by atoms with E-state index in [0.29, 0.717) is 13.2 Å². The van der Waals surface area contributed by atoms with Crippen LogP contribution in [-0.2, 0) is 19.4 Å². The van der Waals surface area contributed by atoms with Gasteiger partial charge in [-0.05, 0) is 23.6 Å². The fourth-order valence-corrected chi connectivity index (χ4v) is 4.29. The third-order valence-electron chi connectivity index (χ3n) is 3.59. The average molecular weight is 343 g/mol. The maximum atomic E-state index is 13.0. The monoisotopic (exact) mass is 343 g/mol. The fraction of sp³-hybridized carbons (Fsp3) is 0.562. The number of hydrogen-bond acceptors (Lipinski definition) is 4. The van der Waals surface area contributed by atoms with Crippen LogP contribution in [0.3, 0.4) is 0 Å². The first-order chi connectivity index (χ1) is 10.8. The molecule has 1 saturated heterocycles. The molecule has 1 aromatic carbocycles. The number of hydrogen-bond donors (Lipinski definition) is 0. The van der Waals surface area contributed by atoms with E-state index in [9.17, 15) is 17.6 Å². The van der Waals surface area contributed by atoms with Gasteiger partial charge in [0, 0.05) is 6.54 Å². The van der Waals surface area contributed by atoms with Crippen molar-refractivity contribution in [2.24, 2.45) is 5.92 Å². The fourth-order valence-electron chi connectivity index (χ4n) is 2.60. The lowest BCUT2D eigenvalue weighted by Gasteiger charge is -2.33. The van der Waals surface area contributed by atoms with Crippen molar-refractivity contribution < 1.29 is 22.3 Å². The van der Waals surface area contributed by atoms with Crippen LogP contribution in [0.25, 0.3) is 0 Å². The molecular formula is C16H22FNO4S. The molecule has 0 radical (unpaired) electrons. The Kier molecular flexibility index (Phi) is 5.75. The van der Waals surface area contributed by atoms with Crippen LogP contribution in [0.1, 0.15) is 25.5 Å². The van der Waals surface area contributed by atoms with Gasteiger partial charge in [0.15, 0.2) is 9.84 Å². The summed E-state index contributed by atoms with van der Waals surface area (Å²) in [5.74, 6) is -1.21. The Morgan fingerprint density at radius 1 is 1.35 bits per heavy atom. The van der Waals surface area contributed by atoms with Gasteiger partial charge in [-0.1, -0.05) is 26.0 Å². The molecular weight excluding hydrogens is 321 g/mol. The van der Waals surface area contributed by atoms with Gasteiger partial charge < -0.3 is 9.64 Å². The van der Waals surface area contributed by atoms with Crippen molar-refractivity contribution in [1.82, 2.24) is 4.90 Å². The van der Waals surface area contributed by atoms with Crippen molar-refractivity contribution in [3.8, 4) is 0 Å². The number of halogens is 1. The van der Waals surface area contributed by atoms with Crippen molar-refractivity contribution in [1.29, 1.82) is 0 Å². The molecule has 1 aliphatic heterocycles. The molecule has 5 nitrogen and oxygen atoms in total. The normalized spacial score (nSPS) is 19.1. The Morgan fingerprint density at radius 3 is 2.61 bits per heavy atom. The second-order valence-electron chi connectivity index (χ2n) is 6.20. The molecule has 0 N–H and O–H groups in total. The van der Waals surface area contributed by atoms with Crippen molar-refractivity contribution in [3.63, 3.8) is 0 Å². The van der Waals surface area contributed by atoms with Crippen molar-refractivity contribution in [2.75, 3.05) is 31.2 Å². The van der Waals surface area contributed by atoms with Crippen LogP contribution >= 0.6 is 0 Å². The highest BCUT2D eigenvalue weighted by Crippen LogP contribution is 2.22. The minimum Gasteiger partial charge on any atom is -0.370 e. The summed E-state index contributed by atoms with van der Waals surface area (Å²) in [5.41, 5.74) is 0.772. The summed E-state index contributed by atoms with van der Waals surface area (Å²) in [4.78, 5) is 13.8. The molecule has 0 saturated carbocycles. The van der Waals surface area contributed by atoms with Crippen LogP contribution in [0.4, 0.5) is 4.39 Å². The molecule has 1 aliphatic rings. The number of benzene rings is 1. The van der Waals surface area contributed by atoms with E-state index in [1.165, 1.54) is 17.0 Å². The van der Waals surface area contributed by atoms with E-state index in [1.807, 2.05) is 0 Å². The van der Waals surface area contributed by atoms with Gasteiger partial charge in [-0.15, -0.1) is 0 Å². The summed E-state index contributed by atoms with van der Waals surface area (Å²) in [7, 11) is -3.40. The standard InChI is InChI=1S/C16H22FNO4S/c1-12(2)10-23(20,21)11-16(19)18-7-8-22-15(9-18)13-3-5-14(17)6-4-13/h3-6,12,15H,7-11H2,1-2H3/t15-/m1/s1. The minimum atomic E-state index is -3.40. The second-order valence-corrected chi connectivity index (χ2v) is 8.31. The average Bonchev–Trinajstić information content (AvgIpc) is 2.46. The lowest BCUT2D eigenvalue weighted by Crippen LogP contribution is -2.45. The predicted molar refractivity (Wildman–Crippen MR) is 85.2 cm³/mol. The Hall–Kier alpha value is -1.47. The zero-order valence-electron chi connectivity index (χ0n) is 13.4. The summed E-state index contributed by atoms with van der Waals surface area (Å²) in [5, 5.41) is 0. The molecule has 0 bridgehead atoms. The summed E-state index contributed by atoms with van der Waals surface area (Å²) in [6, 6.07) is 5.91. The van der Waals surface area contributed by atoms with Crippen molar-refractivity contribution >= 4 is 15.7 Å². The van der Waals surface area contributed by atoms with Crippen LogP contribution in [0, 0.1) is 11.7 Å². The van der Waals surface area contributed by atoms with Crippen LogP contribution in [-0.4, -0.2) is 50.4 Å². The van der Waals surface area contributed by atoms with E-state index < -0.39 is 21.5 Å². The number of amides is 1. The number of sulfone groups is 1. The summed E-state index contributed by atoms with van der Waals surface area (Å²) in [6.45, 7) is 4.59. The molecule has 0 aliphatic carbocycles. The number of rotatable bonds is 5. The number of carbonyl (C=O) groups excluding carboxylic acids is 1. The van der Waals surface area contributed by atoms with E-state index in [1.54, 1.807) is 26.0 Å². The molecule has 0 spiro atoms. The quantitative estimate of drug-likeness (QED) is 0.818. The third-order valence-corrected chi connectivity index (χ3v) is 5.45. The van der Waals surface area contributed by atoms with E-state index >= 15 is 0 Å². The third kappa shape index (κ3) is 5.28. The highest BCUT2D eigenvalue weighted by Gasteiger charge is 2.28. The highest BCUT2D eigenvalue weighted by molar-refractivity contribution is 7.92. The van der Waals surface area contributed by atoms with Crippen molar-refractivity contribution in [2.45, 2.75) is 20.0 Å². The lowest BCUT2D eigenvalue weighted by molar-refractivity contribution is -0.136.